The molecule has 2 aromatic carbocycles. The van der Waals surface area contributed by atoms with Gasteiger partial charge in [0.1, 0.15) is 0 Å². The summed E-state index contributed by atoms with van der Waals surface area (Å²) in [5, 5.41) is 2.74. The summed E-state index contributed by atoms with van der Waals surface area (Å²) < 4.78 is 11.9. The fourth-order valence-electron chi connectivity index (χ4n) is 5.97. The van der Waals surface area contributed by atoms with Gasteiger partial charge in [-0.25, -0.2) is 0 Å². The van der Waals surface area contributed by atoms with Gasteiger partial charge in [-0.15, -0.1) is 0 Å². The Morgan fingerprint density at radius 2 is 1.62 bits per heavy atom. The molecule has 0 amide bonds. The number of unbranched alkanes of at least 4 members (excludes halogenated alkanes) is 1. The molecule has 0 nitrogen and oxygen atoms in total. The van der Waals surface area contributed by atoms with Crippen LogP contribution in [0.15, 0.2) is 66.3 Å². The summed E-state index contributed by atoms with van der Waals surface area (Å²) in [6.45, 7) is 7.11. The van der Waals surface area contributed by atoms with Crippen molar-refractivity contribution in [1.29, 1.82) is 0 Å². The molecule has 2 aliphatic rings. The van der Waals surface area contributed by atoms with Gasteiger partial charge in [0.05, 0.1) is 0 Å². The van der Waals surface area contributed by atoms with E-state index in [2.05, 4.69) is 106 Å². The van der Waals surface area contributed by atoms with E-state index in [4.69, 9.17) is 0 Å². The van der Waals surface area contributed by atoms with E-state index in [1.165, 1.54) is 35.6 Å². The zero-order chi connectivity index (χ0) is 21.3. The van der Waals surface area contributed by atoms with E-state index < -0.39 is 11.3 Å². The molecular weight excluding hydrogens is 547 g/mol. The van der Waals surface area contributed by atoms with Gasteiger partial charge in [-0.05, 0) is 0 Å². The molecule has 2 unspecified atom stereocenters. The topological polar surface area (TPSA) is 0 Å². The Balaban J connectivity index is 1.97. The Bertz CT molecular complexity index is 1400. The quantitative estimate of drug-likeness (QED) is 0.333. The Kier molecular flexibility index (Phi) is 3.58. The van der Waals surface area contributed by atoms with Crippen molar-refractivity contribution in [3.63, 3.8) is 0 Å². The number of rotatable bonds is 5. The van der Waals surface area contributed by atoms with Crippen LogP contribution in [-0.4, -0.2) is 13.9 Å². The van der Waals surface area contributed by atoms with Crippen molar-refractivity contribution in [1.82, 2.24) is 0 Å². The summed E-state index contributed by atoms with van der Waals surface area (Å²) in [6.07, 6.45) is 16.4. The van der Waals surface area contributed by atoms with Crippen molar-refractivity contribution >= 4 is 30.7 Å². The molecule has 0 fully saturated rings. The molecule has 0 heterocycles. The zero-order valence-electron chi connectivity index (χ0n) is 19.0. The number of allylic oxidation sites excluding steroid dienone is 5. The molecule has 0 radical (unpaired) electrons. The Morgan fingerprint density at radius 3 is 2.34 bits per heavy atom. The molecule has 2 atom stereocenters. The fourth-order valence-corrected chi connectivity index (χ4v) is 38.4. The van der Waals surface area contributed by atoms with Crippen LogP contribution in [0, 0.1) is 0 Å². The van der Waals surface area contributed by atoms with Gasteiger partial charge in [0.25, 0.3) is 0 Å². The third-order valence-electron chi connectivity index (χ3n) is 8.39. The Labute approximate surface area is 170 Å². The number of benzene rings is 2. The van der Waals surface area contributed by atoms with Crippen molar-refractivity contribution in [3.8, 4) is 0 Å². The molecule has 2 aliphatic carbocycles. The molecule has 154 valence electrons. The second-order valence-corrected chi connectivity index (χ2v) is 164. The van der Waals surface area contributed by atoms with E-state index in [-0.39, 0.29) is 0 Å². The first kappa shape index (κ1) is 21.5. The predicted molar refractivity (Wildman–Crippen MR) is 137 cm³/mol. The first-order valence-electron chi connectivity index (χ1n) is 11.4. The third kappa shape index (κ3) is 3.23. The second kappa shape index (κ2) is 4.84. The van der Waals surface area contributed by atoms with Gasteiger partial charge in [0.2, 0.25) is 0 Å². The standard InChI is InChI=1S/C13H9.C9H13.4CH3.Hf.2H2Si/c1-2-6-12-10(4-1)8-9-11-5-3-7-13(11)12;1-2-3-6-9-7-4-5-8-9;;;;;;;/h1-9H;4-5,7-8H,2-3,6H2,1H3;4*1H3;;2*1H2. The number of hydrogen-bond donors (Lipinski definition) is 0. The van der Waals surface area contributed by atoms with Gasteiger partial charge >= 0.3 is 172 Å². The van der Waals surface area contributed by atoms with E-state index >= 15 is 0 Å². The molecule has 0 bridgehead atoms. The van der Waals surface area contributed by atoms with Crippen LogP contribution in [0.1, 0.15) is 41.0 Å². The van der Waals surface area contributed by atoms with Crippen LogP contribution >= 0.6 is 0 Å². The molecule has 2 aromatic rings. The summed E-state index contributed by atoms with van der Waals surface area (Å²) in [4.78, 5) is 0. The van der Waals surface area contributed by atoms with E-state index in [9.17, 15) is 0 Å². The maximum absolute atomic E-state index is 4.84. The van der Waals surface area contributed by atoms with Gasteiger partial charge in [-0.1, -0.05) is 0 Å². The van der Waals surface area contributed by atoms with Crippen molar-refractivity contribution in [2.45, 2.75) is 52.3 Å². The molecular formula is C26H38HfSi2. The van der Waals surface area contributed by atoms with Gasteiger partial charge in [-0.2, -0.15) is 0 Å². The van der Waals surface area contributed by atoms with E-state index in [1.54, 1.807) is 11.1 Å². The minimum atomic E-state index is -4.84. The van der Waals surface area contributed by atoms with Crippen molar-refractivity contribution in [2.75, 3.05) is 0 Å². The van der Waals surface area contributed by atoms with Gasteiger partial charge in [-0.3, -0.25) is 0 Å². The summed E-state index contributed by atoms with van der Waals surface area (Å²) in [6, 6.07) is 13.6. The van der Waals surface area contributed by atoms with E-state index in [0.717, 1.165) is 0 Å². The van der Waals surface area contributed by atoms with Gasteiger partial charge in [0, 0.05) is 0 Å². The second-order valence-electron chi connectivity index (χ2n) is 15.7. The molecule has 0 saturated heterocycles. The first-order valence-corrected chi connectivity index (χ1v) is 46.6. The summed E-state index contributed by atoms with van der Waals surface area (Å²) >= 11 is -4.84. The molecule has 0 aliphatic heterocycles. The Morgan fingerprint density at radius 1 is 0.897 bits per heavy atom. The van der Waals surface area contributed by atoms with Crippen molar-refractivity contribution in [3.05, 3.63) is 77.4 Å². The van der Waals surface area contributed by atoms with Crippen molar-refractivity contribution in [2.24, 2.45) is 0 Å². The fraction of sp³-hybridized carbons (Fsp3) is 0.385. The van der Waals surface area contributed by atoms with Crippen LogP contribution in [0.3, 0.4) is 0 Å². The SMILES string of the molecule is CCCCC1=C[CH]([Hf]([CH3])([CH3])([CH3])([CH3])(=[SiH2])(=[SiH2])[CH]2C=Cc3c2ccc2ccccc32)C=C1. The molecule has 0 spiro atoms. The van der Waals surface area contributed by atoms with E-state index in [0.29, 0.717) is 7.35 Å². The first-order chi connectivity index (χ1) is 13.1. The molecule has 3 heteroatoms. The van der Waals surface area contributed by atoms with Crippen LogP contribution in [0.5, 0.6) is 0 Å². The van der Waals surface area contributed by atoms with E-state index in [1.807, 2.05) is 0 Å². The molecule has 0 N–H and O–H groups in total. The zero-order valence-corrected chi connectivity index (χ0v) is 25.5. The molecule has 0 saturated carbocycles. The average Bonchev–Trinajstić information content (AvgIpc) is 3.27. The number of fused-ring (bicyclic) bond motifs is 3. The average molecular weight is 585 g/mol. The minimum absolute atomic E-state index is 0.471. The summed E-state index contributed by atoms with van der Waals surface area (Å²) in [5.74, 6) is 0. The molecule has 4 rings (SSSR count). The maximum atomic E-state index is 2.72. The van der Waals surface area contributed by atoms with Gasteiger partial charge in [0.15, 0.2) is 0 Å². The van der Waals surface area contributed by atoms with Crippen LogP contribution in [-0.2, 0) is 11.3 Å². The van der Waals surface area contributed by atoms with Crippen LogP contribution < -0.4 is 0 Å². The van der Waals surface area contributed by atoms with Crippen LogP contribution in [0.4, 0.5) is 0 Å². The summed E-state index contributed by atoms with van der Waals surface area (Å²) in [5.41, 5.74) is 4.54. The van der Waals surface area contributed by atoms with Gasteiger partial charge < -0.3 is 0 Å². The summed E-state index contributed by atoms with van der Waals surface area (Å²) in [7, 11) is 0. The predicted octanol–water partition coefficient (Wildman–Crippen LogP) is 6.97. The molecule has 29 heavy (non-hydrogen) atoms. The third-order valence-corrected chi connectivity index (χ3v) is 54.1. The monoisotopic (exact) mass is 586 g/mol. The normalized spacial score (nSPS) is 26.3. The van der Waals surface area contributed by atoms with Crippen LogP contribution in [0.25, 0.3) is 16.8 Å². The number of hydrogen-bond acceptors (Lipinski definition) is 0. The Hall–Kier alpha value is -0.776. The van der Waals surface area contributed by atoms with Crippen molar-refractivity contribution < 1.29 is 11.3 Å². The van der Waals surface area contributed by atoms with Crippen LogP contribution in [0.2, 0.25) is 22.4 Å². The molecule has 0 aromatic heterocycles.